The molecule has 0 aliphatic carbocycles. The maximum Gasteiger partial charge on any atom is 3.00 e. The molecule has 14 aromatic heterocycles. The molecule has 4 aliphatic rings. The minimum Gasteiger partial charge on any atom is -0.656 e. The van der Waals surface area contributed by atoms with E-state index >= 15 is 0 Å². The molecular formula is C105H148Mn2N24+10. The van der Waals surface area contributed by atoms with Crippen molar-refractivity contribution in [1.29, 1.82) is 0 Å². The number of rotatable bonds is 24. The smallest absolute Gasteiger partial charge is 0.656 e. The van der Waals surface area contributed by atoms with Crippen LogP contribution in [0.2, 0.25) is 0 Å². The Labute approximate surface area is 801 Å². The molecule has 692 valence electrons. The Bertz CT molecular complexity index is 5440. The number of fused-ring (bicyclic) bond motifs is 16. The zero-order valence-electron chi connectivity index (χ0n) is 73.3. The van der Waals surface area contributed by atoms with Crippen molar-refractivity contribution in [2.75, 3.05) is 0 Å². The molecule has 14 aromatic rings. The van der Waals surface area contributed by atoms with Gasteiger partial charge in [-0.2, -0.15) is 0 Å². The fourth-order valence-corrected chi connectivity index (χ4v) is 18.1. The first-order valence-electron chi connectivity index (χ1n) is 43.6. The molecule has 0 spiro atoms. The maximum absolute atomic E-state index is 5.59. The standard InChI is InChI=1S/2C48H56N12.9CH4.2Mn/c2*1-9-53-25-26-54(10-2)45(53)41-33-17-19-35(49-33)42(46-55(11-3)27-28-56(46)12-4)37-21-23-39(51-37)44(48-59(15-7)31-32-60(48)16-8)40-24-22-38(52-40)43(36-20-18-34(41)50-36)47-57(13-5)29-30-58(47)14-6;;;;;;;;;;;/h2*17-32H,9-16H2,1-8H3;9*1H4;;/q2*+2;;;;;;;;;;2*+3. The van der Waals surface area contributed by atoms with Crippen LogP contribution >= 0.6 is 0 Å². The van der Waals surface area contributed by atoms with Gasteiger partial charge in [-0.15, -0.1) is 44.1 Å². The van der Waals surface area contributed by atoms with E-state index in [-0.39, 0.29) is 101 Å². The molecule has 4 aliphatic heterocycles. The van der Waals surface area contributed by atoms with Gasteiger partial charge < -0.3 is 19.9 Å². The minimum absolute atomic E-state index is 0. The number of imidazole rings is 8. The molecule has 16 bridgehead atoms. The van der Waals surface area contributed by atoms with Gasteiger partial charge in [-0.3, -0.25) is 0 Å². The zero-order valence-corrected chi connectivity index (χ0v) is 75.6. The monoisotopic (exact) mass is 1860 g/mol. The zero-order chi connectivity index (χ0) is 83.3. The predicted octanol–water partition coefficient (Wildman–Crippen LogP) is 19.9. The van der Waals surface area contributed by atoms with Crippen molar-refractivity contribution in [3.8, 4) is 91.1 Å². The Balaban J connectivity index is 0.000000372. The van der Waals surface area contributed by atoms with Crippen LogP contribution in [-0.2, 0) is 139 Å². The van der Waals surface area contributed by atoms with Gasteiger partial charge in [0.25, 0.3) is 46.6 Å². The van der Waals surface area contributed by atoms with Crippen LogP contribution in [0.15, 0.2) is 148 Å². The van der Waals surface area contributed by atoms with Gasteiger partial charge in [-0.25, -0.2) is 93.0 Å². The summed E-state index contributed by atoms with van der Waals surface area (Å²) in [7, 11) is 0. The van der Waals surface area contributed by atoms with Crippen LogP contribution in [-0.4, -0.2) is 56.5 Å². The second-order valence-corrected chi connectivity index (χ2v) is 30.3. The quantitative estimate of drug-likeness (QED) is 0.0424. The molecule has 24 nitrogen and oxygen atoms in total. The molecule has 0 fully saturated rings. The van der Waals surface area contributed by atoms with E-state index in [9.17, 15) is 0 Å². The Morgan fingerprint density at radius 3 is 0.389 bits per heavy atom. The largest absolute Gasteiger partial charge is 3.00 e. The number of aromatic nitrogens is 24. The van der Waals surface area contributed by atoms with E-state index in [0.29, 0.717) is 0 Å². The molecule has 0 atom stereocenters. The normalized spacial score (nSPS) is 11.4. The molecule has 18 heterocycles. The van der Waals surface area contributed by atoms with Gasteiger partial charge in [0.15, 0.2) is 0 Å². The molecule has 0 amide bonds. The van der Waals surface area contributed by atoms with Gasteiger partial charge in [-0.1, -0.05) is 115 Å². The van der Waals surface area contributed by atoms with E-state index in [0.717, 1.165) is 286 Å². The van der Waals surface area contributed by atoms with Crippen LogP contribution in [0.5, 0.6) is 0 Å². The van der Waals surface area contributed by atoms with Crippen LogP contribution < -0.4 is 56.5 Å². The van der Waals surface area contributed by atoms with E-state index in [4.69, 9.17) is 39.9 Å². The summed E-state index contributed by atoms with van der Waals surface area (Å²) in [5.41, 5.74) is 21.8. The van der Waals surface area contributed by atoms with Crippen molar-refractivity contribution in [1.82, 2.24) is 76.4 Å². The first-order valence-corrected chi connectivity index (χ1v) is 43.6. The van der Waals surface area contributed by atoms with Crippen LogP contribution in [0.4, 0.5) is 0 Å². The molecule has 18 rings (SSSR count). The average molecular weight is 1860 g/mol. The second-order valence-electron chi connectivity index (χ2n) is 30.3. The van der Waals surface area contributed by atoms with Crippen LogP contribution in [0.1, 0.15) is 223 Å². The summed E-state index contributed by atoms with van der Waals surface area (Å²) in [6.07, 6.45) is 52.0. The molecule has 0 radical (unpaired) electrons. The van der Waals surface area contributed by atoms with Gasteiger partial charge in [0.05, 0.1) is 195 Å². The molecular weight excluding hydrogens is 1710 g/mol. The number of nitrogens with zero attached hydrogens (tertiary/aromatic N) is 24. The van der Waals surface area contributed by atoms with E-state index in [2.05, 4.69) is 380 Å². The van der Waals surface area contributed by atoms with Crippen molar-refractivity contribution in [3.63, 3.8) is 0 Å². The fourth-order valence-electron chi connectivity index (χ4n) is 18.1. The summed E-state index contributed by atoms with van der Waals surface area (Å²) in [5, 5.41) is 0. The van der Waals surface area contributed by atoms with Crippen molar-refractivity contribution in [2.45, 2.75) is 282 Å². The fraction of sp³-hybridized carbons (Fsp3) is 0.390. The van der Waals surface area contributed by atoms with Crippen LogP contribution in [0.25, 0.3) is 184 Å². The summed E-state index contributed by atoms with van der Waals surface area (Å²) in [4.78, 5) is 44.7. The van der Waals surface area contributed by atoms with Gasteiger partial charge in [0.1, 0.15) is 99.1 Å². The van der Waals surface area contributed by atoms with Crippen LogP contribution in [0.3, 0.4) is 0 Å². The Kier molecular flexibility index (Phi) is 37.5. The molecule has 0 aromatic carbocycles. The van der Waals surface area contributed by atoms with E-state index in [1.54, 1.807) is 0 Å². The molecule has 0 N–H and O–H groups in total. The third-order valence-corrected chi connectivity index (χ3v) is 24.2. The Morgan fingerprint density at radius 2 is 0.298 bits per heavy atom. The summed E-state index contributed by atoms with van der Waals surface area (Å²) < 4.78 is 36.9. The Hall–Kier alpha value is -12.1. The summed E-state index contributed by atoms with van der Waals surface area (Å²) >= 11 is 0. The van der Waals surface area contributed by atoms with Gasteiger partial charge >= 0.3 is 34.1 Å². The summed E-state index contributed by atoms with van der Waals surface area (Å²) in [5.74, 6) is 8.59. The Morgan fingerprint density at radius 1 is 0.191 bits per heavy atom. The predicted molar refractivity (Wildman–Crippen MR) is 534 cm³/mol. The van der Waals surface area contributed by atoms with Gasteiger partial charge in [0, 0.05) is 0 Å². The SMILES string of the molecule is C.C.C.C.C.C.C.C.C.CCn1cc[n+](CC)c1-c1c2nc(c(-c3n(CC)cc[n+]3CC)c3ccc([n-]3)c(-c3n(CC)cc[n+]3CC)c3nc(c(-c4n(CC)cc[n+]4CC)c4ccc1[n-]4)C=C3)C=C2.CCn1cc[n+](CC)c1-c1c2nc(c(-c3n(CC)cc[n+]3CC)c3ccc([n-]3)c(-c3n(CC)cc[n+]3CC)c3nc(c(-c4n(CC)cc[n+]4CC)c4ccc1[n-]4)C=C3)C=C2.[Mn+3].[Mn+3]. The average Bonchev–Trinajstić information content (AvgIpc) is 1.59. The number of hydrogen-bond acceptors (Lipinski definition) is 4. The topological polar surface area (TPSA) is 178 Å². The second kappa shape index (κ2) is 45.6. The summed E-state index contributed by atoms with van der Waals surface area (Å²) in [6, 6.07) is 17.3. The van der Waals surface area contributed by atoms with Crippen LogP contribution in [0, 0.1) is 0 Å². The molecule has 26 heteroatoms. The first-order chi connectivity index (χ1) is 58.8. The molecule has 131 heavy (non-hydrogen) atoms. The van der Waals surface area contributed by atoms with Crippen molar-refractivity contribution < 1.29 is 70.7 Å². The first kappa shape index (κ1) is 108. The van der Waals surface area contributed by atoms with E-state index < -0.39 is 0 Å². The molecule has 0 unspecified atom stereocenters. The minimum atomic E-state index is 0. The van der Waals surface area contributed by atoms with Crippen molar-refractivity contribution in [2.24, 2.45) is 0 Å². The molecule has 0 saturated heterocycles. The third-order valence-electron chi connectivity index (χ3n) is 24.2. The van der Waals surface area contributed by atoms with Crippen molar-refractivity contribution >= 4 is 92.7 Å². The third kappa shape index (κ3) is 18.6. The van der Waals surface area contributed by atoms with E-state index in [1.807, 2.05) is 0 Å². The molecule has 0 saturated carbocycles. The maximum atomic E-state index is 5.59. The number of hydrogen-bond donors (Lipinski definition) is 0. The van der Waals surface area contributed by atoms with E-state index in [1.165, 1.54) is 0 Å². The van der Waals surface area contributed by atoms with Gasteiger partial charge in [0.2, 0.25) is 0 Å². The van der Waals surface area contributed by atoms with Crippen molar-refractivity contribution in [3.05, 3.63) is 193 Å². The summed E-state index contributed by atoms with van der Waals surface area (Å²) in [6.45, 7) is 48.0. The number of aryl methyl sites for hydroxylation is 16. The van der Waals surface area contributed by atoms with Gasteiger partial charge in [-0.05, 0) is 159 Å².